The lowest BCUT2D eigenvalue weighted by Gasteiger charge is -2.15. The van der Waals surface area contributed by atoms with E-state index in [1.807, 2.05) is 49.5 Å². The van der Waals surface area contributed by atoms with Crippen LogP contribution in [-0.4, -0.2) is 24.1 Å². The van der Waals surface area contributed by atoms with E-state index in [9.17, 15) is 0 Å². The highest BCUT2D eigenvalue weighted by molar-refractivity contribution is 6.35. The lowest BCUT2D eigenvalue weighted by atomic mass is 10.1. The number of pyridine rings is 1. The van der Waals surface area contributed by atoms with Gasteiger partial charge in [0, 0.05) is 37.4 Å². The first kappa shape index (κ1) is 13.3. The Morgan fingerprint density at radius 3 is 2.55 bits per heavy atom. The molecule has 0 atom stereocenters. The number of hydrogen-bond donors (Lipinski definition) is 1. The van der Waals surface area contributed by atoms with Crippen molar-refractivity contribution in [2.24, 2.45) is 0 Å². The first-order chi connectivity index (χ1) is 9.56. The van der Waals surface area contributed by atoms with Crippen LogP contribution < -0.4 is 4.90 Å². The predicted octanol–water partition coefficient (Wildman–Crippen LogP) is 4.60. The number of rotatable bonds is 2. The lowest BCUT2D eigenvalue weighted by Crippen LogP contribution is -2.08. The number of hydrogen-bond acceptors (Lipinski definition) is 2. The van der Waals surface area contributed by atoms with Crippen LogP contribution in [-0.2, 0) is 0 Å². The summed E-state index contributed by atoms with van der Waals surface area (Å²) in [5, 5.41) is 2.30. The number of aromatic amines is 1. The van der Waals surface area contributed by atoms with Crippen LogP contribution in [0.25, 0.3) is 22.2 Å². The summed E-state index contributed by atoms with van der Waals surface area (Å²) in [4.78, 5) is 9.38. The number of halogens is 2. The minimum Gasteiger partial charge on any atom is -0.376 e. The highest BCUT2D eigenvalue weighted by Crippen LogP contribution is 2.32. The second-order valence-corrected chi connectivity index (χ2v) is 5.63. The van der Waals surface area contributed by atoms with Crippen molar-refractivity contribution in [1.82, 2.24) is 9.97 Å². The molecule has 3 nitrogen and oxygen atoms in total. The molecule has 3 rings (SSSR count). The highest BCUT2D eigenvalue weighted by atomic mass is 35.5. The highest BCUT2D eigenvalue weighted by Gasteiger charge is 2.08. The zero-order chi connectivity index (χ0) is 14.3. The van der Waals surface area contributed by atoms with Crippen molar-refractivity contribution in [2.75, 3.05) is 19.0 Å². The SMILES string of the molecule is CN(C)c1ccc(-c2cnc3[nH]cc(Cl)c3c2)cc1Cl. The fourth-order valence-electron chi connectivity index (χ4n) is 2.18. The maximum Gasteiger partial charge on any atom is 0.138 e. The van der Waals surface area contributed by atoms with Gasteiger partial charge in [-0.2, -0.15) is 0 Å². The number of fused-ring (bicyclic) bond motifs is 1. The minimum absolute atomic E-state index is 0.672. The first-order valence-corrected chi connectivity index (χ1v) is 6.92. The van der Waals surface area contributed by atoms with Gasteiger partial charge in [-0.25, -0.2) is 4.98 Å². The number of H-pyrrole nitrogens is 1. The average molecular weight is 306 g/mol. The van der Waals surface area contributed by atoms with E-state index < -0.39 is 0 Å². The van der Waals surface area contributed by atoms with Gasteiger partial charge in [-0.15, -0.1) is 0 Å². The molecule has 0 saturated heterocycles. The molecule has 0 amide bonds. The number of nitrogens with zero attached hydrogens (tertiary/aromatic N) is 2. The van der Waals surface area contributed by atoms with Crippen LogP contribution in [0.15, 0.2) is 36.7 Å². The van der Waals surface area contributed by atoms with Gasteiger partial charge in [0.25, 0.3) is 0 Å². The molecule has 2 aromatic heterocycles. The molecule has 0 spiro atoms. The smallest absolute Gasteiger partial charge is 0.138 e. The molecule has 1 N–H and O–H groups in total. The summed E-state index contributed by atoms with van der Waals surface area (Å²) >= 11 is 12.4. The molecule has 0 fully saturated rings. The normalized spacial score (nSPS) is 11.0. The monoisotopic (exact) mass is 305 g/mol. The Balaban J connectivity index is 2.10. The van der Waals surface area contributed by atoms with Crippen LogP contribution in [0.4, 0.5) is 5.69 Å². The first-order valence-electron chi connectivity index (χ1n) is 6.16. The molecule has 0 saturated carbocycles. The molecule has 5 heteroatoms. The summed E-state index contributed by atoms with van der Waals surface area (Å²) < 4.78 is 0. The number of anilines is 1. The van der Waals surface area contributed by atoms with Crippen molar-refractivity contribution >= 4 is 39.9 Å². The minimum atomic E-state index is 0.672. The van der Waals surface area contributed by atoms with Crippen molar-refractivity contribution in [2.45, 2.75) is 0 Å². The summed E-state index contributed by atoms with van der Waals surface area (Å²) in [7, 11) is 3.93. The molecule has 2 heterocycles. The fraction of sp³-hybridized carbons (Fsp3) is 0.133. The summed E-state index contributed by atoms with van der Waals surface area (Å²) in [6.07, 6.45) is 3.56. The lowest BCUT2D eigenvalue weighted by molar-refractivity contribution is 1.13. The summed E-state index contributed by atoms with van der Waals surface area (Å²) in [6.45, 7) is 0. The quantitative estimate of drug-likeness (QED) is 0.750. The van der Waals surface area contributed by atoms with E-state index in [1.54, 1.807) is 6.20 Å². The Kier molecular flexibility index (Phi) is 3.32. The zero-order valence-corrected chi connectivity index (χ0v) is 12.6. The van der Waals surface area contributed by atoms with Crippen LogP contribution in [0.1, 0.15) is 0 Å². The van der Waals surface area contributed by atoms with Crippen molar-refractivity contribution in [3.05, 3.63) is 46.7 Å². The van der Waals surface area contributed by atoms with Crippen molar-refractivity contribution in [3.63, 3.8) is 0 Å². The Morgan fingerprint density at radius 1 is 1.05 bits per heavy atom. The predicted molar refractivity (Wildman–Crippen MR) is 85.9 cm³/mol. The second kappa shape index (κ2) is 5.00. The number of aromatic nitrogens is 2. The van der Waals surface area contributed by atoms with Gasteiger partial charge in [-0.05, 0) is 23.8 Å². The van der Waals surface area contributed by atoms with E-state index in [1.165, 1.54) is 0 Å². The Labute approximate surface area is 127 Å². The van der Waals surface area contributed by atoms with E-state index in [0.717, 1.165) is 27.8 Å². The summed E-state index contributed by atoms with van der Waals surface area (Å²) in [5.74, 6) is 0. The maximum absolute atomic E-state index is 6.31. The third kappa shape index (κ3) is 2.23. The van der Waals surface area contributed by atoms with Gasteiger partial charge in [0.15, 0.2) is 0 Å². The van der Waals surface area contributed by atoms with E-state index in [-0.39, 0.29) is 0 Å². The van der Waals surface area contributed by atoms with Crippen LogP contribution in [0, 0.1) is 0 Å². The summed E-state index contributed by atoms with van der Waals surface area (Å²) in [5.41, 5.74) is 3.79. The van der Waals surface area contributed by atoms with Crippen molar-refractivity contribution in [3.8, 4) is 11.1 Å². The molecule has 20 heavy (non-hydrogen) atoms. The fourth-order valence-corrected chi connectivity index (χ4v) is 2.73. The standard InChI is InChI=1S/C15H13Cl2N3/c1-20(2)14-4-3-9(6-12(14)16)10-5-11-13(17)8-19-15(11)18-7-10/h3-8H,1-2H3,(H,18,19). The van der Waals surface area contributed by atoms with Gasteiger partial charge in [-0.3, -0.25) is 0 Å². The molecule has 102 valence electrons. The number of nitrogens with one attached hydrogen (secondary N) is 1. The Bertz CT molecular complexity index is 778. The molecule has 0 bridgehead atoms. The molecular formula is C15H13Cl2N3. The Hall–Kier alpha value is -1.71. The van der Waals surface area contributed by atoms with Gasteiger partial charge in [0.05, 0.1) is 15.7 Å². The van der Waals surface area contributed by atoms with Gasteiger partial charge in [0.2, 0.25) is 0 Å². The van der Waals surface area contributed by atoms with Crippen LogP contribution >= 0.6 is 23.2 Å². The van der Waals surface area contributed by atoms with E-state index in [2.05, 4.69) is 9.97 Å². The molecule has 0 unspecified atom stereocenters. The van der Waals surface area contributed by atoms with Gasteiger partial charge in [0.1, 0.15) is 5.65 Å². The van der Waals surface area contributed by atoms with E-state index in [4.69, 9.17) is 23.2 Å². The third-order valence-electron chi connectivity index (χ3n) is 3.24. The third-order valence-corrected chi connectivity index (χ3v) is 3.86. The largest absolute Gasteiger partial charge is 0.376 e. The molecule has 1 aromatic carbocycles. The molecular weight excluding hydrogens is 293 g/mol. The molecule has 3 aromatic rings. The maximum atomic E-state index is 6.31. The van der Waals surface area contributed by atoms with Crippen molar-refractivity contribution < 1.29 is 0 Å². The Morgan fingerprint density at radius 2 is 1.85 bits per heavy atom. The van der Waals surface area contributed by atoms with Gasteiger partial charge in [-0.1, -0.05) is 29.3 Å². The van der Waals surface area contributed by atoms with Crippen LogP contribution in [0.2, 0.25) is 10.0 Å². The molecule has 0 aliphatic heterocycles. The molecule has 0 aliphatic carbocycles. The van der Waals surface area contributed by atoms with Crippen LogP contribution in [0.5, 0.6) is 0 Å². The van der Waals surface area contributed by atoms with Gasteiger partial charge >= 0.3 is 0 Å². The topological polar surface area (TPSA) is 31.9 Å². The molecule has 0 radical (unpaired) electrons. The van der Waals surface area contributed by atoms with Crippen LogP contribution in [0.3, 0.4) is 0 Å². The van der Waals surface area contributed by atoms with Gasteiger partial charge < -0.3 is 9.88 Å². The van der Waals surface area contributed by atoms with E-state index >= 15 is 0 Å². The molecule has 0 aliphatic rings. The summed E-state index contributed by atoms with van der Waals surface area (Å²) in [6, 6.07) is 7.99. The van der Waals surface area contributed by atoms with E-state index in [0.29, 0.717) is 10.0 Å². The number of benzene rings is 1. The second-order valence-electron chi connectivity index (χ2n) is 4.82. The van der Waals surface area contributed by atoms with Crippen molar-refractivity contribution in [1.29, 1.82) is 0 Å². The zero-order valence-electron chi connectivity index (χ0n) is 11.1. The average Bonchev–Trinajstić information content (AvgIpc) is 2.79.